The van der Waals surface area contributed by atoms with Gasteiger partial charge in [0.1, 0.15) is 5.75 Å². The Morgan fingerprint density at radius 3 is 2.27 bits per heavy atom. The molecular weight excluding hydrogens is 272 g/mol. The second-order valence-corrected chi connectivity index (χ2v) is 3.57. The van der Waals surface area contributed by atoms with Crippen molar-refractivity contribution in [3.63, 3.8) is 0 Å². The molecule has 0 fully saturated rings. The zero-order chi connectivity index (χ0) is 11.6. The summed E-state index contributed by atoms with van der Waals surface area (Å²) in [5, 5.41) is -0.930. The van der Waals surface area contributed by atoms with E-state index < -0.39 is 17.6 Å². The molecule has 0 aromatic heterocycles. The third-order valence-electron chi connectivity index (χ3n) is 1.45. The lowest BCUT2D eigenvalue weighted by Crippen LogP contribution is -2.05. The molecule has 0 radical (unpaired) electrons. The molecule has 0 bridgehead atoms. The van der Waals surface area contributed by atoms with Crippen LogP contribution >= 0.6 is 34.8 Å². The second-order valence-electron chi connectivity index (χ2n) is 2.41. The predicted molar refractivity (Wildman–Crippen MR) is 53.3 cm³/mol. The van der Waals surface area contributed by atoms with Gasteiger partial charge in [0.05, 0.1) is 15.6 Å². The van der Waals surface area contributed by atoms with Crippen LogP contribution in [0.1, 0.15) is 10.4 Å². The number of hydrogen-bond donors (Lipinski definition) is 0. The first kappa shape index (κ1) is 12.5. The number of benzene rings is 1. The SMILES string of the molecule is O=C(Cl)c1cc(Cl)c(Cl)cc1OC(F)F. The van der Waals surface area contributed by atoms with Gasteiger partial charge in [0.15, 0.2) is 0 Å². The Morgan fingerprint density at radius 1 is 1.27 bits per heavy atom. The van der Waals surface area contributed by atoms with Crippen molar-refractivity contribution >= 4 is 40.0 Å². The molecule has 1 aromatic carbocycles. The maximum Gasteiger partial charge on any atom is 0.387 e. The Balaban J connectivity index is 3.22. The van der Waals surface area contributed by atoms with Gasteiger partial charge in [-0.05, 0) is 17.7 Å². The van der Waals surface area contributed by atoms with Gasteiger partial charge in [0, 0.05) is 6.07 Å². The highest BCUT2D eigenvalue weighted by atomic mass is 35.5. The zero-order valence-electron chi connectivity index (χ0n) is 6.94. The van der Waals surface area contributed by atoms with Crippen molar-refractivity contribution in [2.45, 2.75) is 6.61 Å². The molecule has 0 amide bonds. The van der Waals surface area contributed by atoms with Gasteiger partial charge in [-0.2, -0.15) is 8.78 Å². The fourth-order valence-electron chi connectivity index (χ4n) is 0.876. The molecule has 0 aliphatic heterocycles. The van der Waals surface area contributed by atoms with Crippen molar-refractivity contribution in [2.75, 3.05) is 0 Å². The standard InChI is InChI=1S/C8H3Cl3F2O2/c9-4-1-3(7(11)14)6(2-5(4)10)15-8(12)13/h1-2,8H. The number of alkyl halides is 2. The van der Waals surface area contributed by atoms with Crippen LogP contribution in [0.25, 0.3) is 0 Å². The molecule has 0 heterocycles. The van der Waals surface area contributed by atoms with Gasteiger partial charge in [0.2, 0.25) is 0 Å². The Morgan fingerprint density at radius 2 is 1.80 bits per heavy atom. The normalized spacial score (nSPS) is 10.5. The molecule has 2 nitrogen and oxygen atoms in total. The van der Waals surface area contributed by atoms with Gasteiger partial charge in [-0.25, -0.2) is 0 Å². The summed E-state index contributed by atoms with van der Waals surface area (Å²) in [6, 6.07) is 2.07. The molecule has 1 aromatic rings. The molecular formula is C8H3Cl3F2O2. The van der Waals surface area contributed by atoms with E-state index in [1.165, 1.54) is 0 Å². The molecule has 0 saturated carbocycles. The molecule has 0 unspecified atom stereocenters. The number of halogens is 5. The minimum absolute atomic E-state index is 0.00557. The predicted octanol–water partition coefficient (Wildman–Crippen LogP) is 3.97. The molecule has 0 aliphatic carbocycles. The minimum Gasteiger partial charge on any atom is -0.434 e. The van der Waals surface area contributed by atoms with Crippen LogP contribution in [-0.2, 0) is 0 Å². The summed E-state index contributed by atoms with van der Waals surface area (Å²) >= 11 is 16.3. The quantitative estimate of drug-likeness (QED) is 0.780. The molecule has 0 spiro atoms. The fraction of sp³-hybridized carbons (Fsp3) is 0.125. The van der Waals surface area contributed by atoms with Crippen molar-refractivity contribution in [1.29, 1.82) is 0 Å². The molecule has 7 heteroatoms. The zero-order valence-corrected chi connectivity index (χ0v) is 9.21. The summed E-state index contributed by atoms with van der Waals surface area (Å²) in [6.07, 6.45) is 0. The number of rotatable bonds is 3. The summed E-state index contributed by atoms with van der Waals surface area (Å²) in [4.78, 5) is 10.9. The van der Waals surface area contributed by atoms with Crippen molar-refractivity contribution in [3.05, 3.63) is 27.7 Å². The van der Waals surface area contributed by atoms with E-state index >= 15 is 0 Å². The van der Waals surface area contributed by atoms with Crippen LogP contribution in [0.5, 0.6) is 5.75 Å². The van der Waals surface area contributed by atoms with Crippen LogP contribution in [0, 0.1) is 0 Å². The lowest BCUT2D eigenvalue weighted by atomic mass is 10.2. The second kappa shape index (κ2) is 4.96. The van der Waals surface area contributed by atoms with Crippen molar-refractivity contribution < 1.29 is 18.3 Å². The minimum atomic E-state index is -3.07. The maximum atomic E-state index is 11.9. The van der Waals surface area contributed by atoms with Crippen LogP contribution in [-0.4, -0.2) is 11.9 Å². The van der Waals surface area contributed by atoms with Crippen molar-refractivity contribution in [3.8, 4) is 5.75 Å². The highest BCUT2D eigenvalue weighted by Crippen LogP contribution is 2.32. The van der Waals surface area contributed by atoms with E-state index in [9.17, 15) is 13.6 Å². The largest absolute Gasteiger partial charge is 0.434 e. The Labute approximate surface area is 98.7 Å². The van der Waals surface area contributed by atoms with Crippen LogP contribution in [0.4, 0.5) is 8.78 Å². The van der Waals surface area contributed by atoms with E-state index in [0.717, 1.165) is 12.1 Å². The molecule has 15 heavy (non-hydrogen) atoms. The Bertz CT molecular complexity index is 396. The maximum absolute atomic E-state index is 11.9. The third-order valence-corrected chi connectivity index (χ3v) is 2.38. The van der Waals surface area contributed by atoms with Crippen LogP contribution in [0.3, 0.4) is 0 Å². The topological polar surface area (TPSA) is 26.3 Å². The Hall–Kier alpha value is -0.580. The van der Waals surface area contributed by atoms with Crippen molar-refractivity contribution in [2.24, 2.45) is 0 Å². The lowest BCUT2D eigenvalue weighted by molar-refractivity contribution is -0.0500. The van der Waals surface area contributed by atoms with Gasteiger partial charge in [-0.15, -0.1) is 0 Å². The lowest BCUT2D eigenvalue weighted by Gasteiger charge is -2.09. The average Bonchev–Trinajstić information content (AvgIpc) is 2.09. The molecule has 0 atom stereocenters. The third kappa shape index (κ3) is 3.19. The summed E-state index contributed by atoms with van der Waals surface area (Å²) < 4.78 is 27.9. The first-order valence-corrected chi connectivity index (χ1v) is 4.69. The number of hydrogen-bond acceptors (Lipinski definition) is 2. The smallest absolute Gasteiger partial charge is 0.387 e. The van der Waals surface area contributed by atoms with E-state index in [1.54, 1.807) is 0 Å². The highest BCUT2D eigenvalue weighted by molar-refractivity contribution is 6.68. The van der Waals surface area contributed by atoms with Crippen LogP contribution in [0.15, 0.2) is 12.1 Å². The first-order chi connectivity index (χ1) is 6.91. The number of carbonyl (C=O) groups excluding carboxylic acids is 1. The Kier molecular flexibility index (Phi) is 4.13. The molecule has 1 rings (SSSR count). The number of ether oxygens (including phenoxy) is 1. The summed E-state index contributed by atoms with van der Waals surface area (Å²) in [7, 11) is 0. The first-order valence-electron chi connectivity index (χ1n) is 3.55. The molecule has 0 N–H and O–H groups in total. The van der Waals surface area contributed by atoms with E-state index in [4.69, 9.17) is 34.8 Å². The molecule has 82 valence electrons. The van der Waals surface area contributed by atoms with Crippen LogP contribution in [0.2, 0.25) is 10.0 Å². The van der Waals surface area contributed by atoms with Crippen LogP contribution < -0.4 is 4.74 Å². The van der Waals surface area contributed by atoms with Crippen molar-refractivity contribution in [1.82, 2.24) is 0 Å². The van der Waals surface area contributed by atoms with Gasteiger partial charge in [0.25, 0.3) is 5.24 Å². The van der Waals surface area contributed by atoms with E-state index in [-0.39, 0.29) is 15.6 Å². The highest BCUT2D eigenvalue weighted by Gasteiger charge is 2.16. The van der Waals surface area contributed by atoms with Gasteiger partial charge in [-0.1, -0.05) is 23.2 Å². The average molecular weight is 275 g/mol. The summed E-state index contributed by atoms with van der Waals surface area (Å²) in [6.45, 7) is -3.07. The summed E-state index contributed by atoms with van der Waals surface area (Å²) in [5.41, 5.74) is -0.258. The summed E-state index contributed by atoms with van der Waals surface area (Å²) in [5.74, 6) is -0.403. The van der Waals surface area contributed by atoms with Gasteiger partial charge in [-0.3, -0.25) is 4.79 Å². The number of carbonyl (C=O) groups is 1. The van der Waals surface area contributed by atoms with E-state index in [0.29, 0.717) is 0 Å². The fourth-order valence-corrected chi connectivity index (χ4v) is 1.34. The molecule has 0 saturated heterocycles. The van der Waals surface area contributed by atoms with Gasteiger partial charge < -0.3 is 4.74 Å². The molecule has 0 aliphatic rings. The van der Waals surface area contributed by atoms with E-state index in [1.807, 2.05) is 0 Å². The monoisotopic (exact) mass is 274 g/mol. The van der Waals surface area contributed by atoms with E-state index in [2.05, 4.69) is 4.74 Å². The van der Waals surface area contributed by atoms with Gasteiger partial charge >= 0.3 is 6.61 Å².